The van der Waals surface area contributed by atoms with Crippen molar-refractivity contribution < 1.29 is 4.79 Å². The first kappa shape index (κ1) is 6.37. The van der Waals surface area contributed by atoms with Crippen molar-refractivity contribution in [1.29, 1.82) is 0 Å². The van der Waals surface area contributed by atoms with Gasteiger partial charge in [0.05, 0.1) is 5.25 Å². The van der Waals surface area contributed by atoms with Crippen LogP contribution in [0.5, 0.6) is 0 Å². The Balaban J connectivity index is 3.26. The maximum atomic E-state index is 9.93. The second-order valence-electron chi connectivity index (χ2n) is 1.01. The summed E-state index contributed by atoms with van der Waals surface area (Å²) in [5.41, 5.74) is 0. The molecule has 0 radical (unpaired) electrons. The minimum Gasteiger partial charge on any atom is -0.286 e. The fourth-order valence-corrected chi connectivity index (χ4v) is 0. The van der Waals surface area contributed by atoms with Crippen molar-refractivity contribution in [3.05, 3.63) is 0 Å². The van der Waals surface area contributed by atoms with Crippen LogP contribution in [-0.4, -0.2) is 10.4 Å². The predicted octanol–water partition coefficient (Wildman–Crippen LogP) is 0.761. The molecule has 0 saturated heterocycles. The highest BCUT2D eigenvalue weighted by Gasteiger charge is 1.97. The molecule has 0 aliphatic heterocycles. The molecule has 0 rings (SSSR count). The first-order valence-corrected chi connectivity index (χ1v) is 2.52. The largest absolute Gasteiger partial charge is 0.286 e. The highest BCUT2D eigenvalue weighted by Crippen LogP contribution is 1.95. The van der Waals surface area contributed by atoms with Crippen LogP contribution in [0.2, 0.25) is 0 Å². The maximum Gasteiger partial charge on any atom is 0.198 e. The fraction of sp³-hybridized carbons (Fsp3) is 0.667. The van der Waals surface area contributed by atoms with Gasteiger partial charge in [-0.3, -0.25) is 4.79 Å². The van der Waals surface area contributed by atoms with Gasteiger partial charge >= 0.3 is 0 Å². The monoisotopic (exact) mass is 122 g/mol. The predicted molar refractivity (Wildman–Crippen MR) is 32.4 cm³/mol. The highest BCUT2D eigenvalue weighted by atomic mass is 32.1. The van der Waals surface area contributed by atoms with Gasteiger partial charge in [-0.25, -0.2) is 0 Å². The molecule has 36 valence electrons. The molecule has 3 heteroatoms. The van der Waals surface area contributed by atoms with E-state index in [1.54, 1.807) is 6.92 Å². The zero-order valence-electron chi connectivity index (χ0n) is 3.38. The number of carbonyl (C=O) groups is 1. The maximum absolute atomic E-state index is 9.93. The van der Waals surface area contributed by atoms with Crippen LogP contribution in [0.3, 0.4) is 0 Å². The van der Waals surface area contributed by atoms with E-state index in [1.807, 2.05) is 0 Å². The molecular weight excluding hydrogens is 116 g/mol. The third-order valence-corrected chi connectivity index (χ3v) is 1.18. The number of rotatable bonds is 1. The molecule has 1 atom stereocenters. The van der Waals surface area contributed by atoms with Gasteiger partial charge in [-0.15, -0.1) is 12.6 Å². The first-order chi connectivity index (χ1) is 2.64. The van der Waals surface area contributed by atoms with Crippen molar-refractivity contribution in [3.8, 4) is 0 Å². The van der Waals surface area contributed by atoms with Crippen molar-refractivity contribution in [2.45, 2.75) is 12.2 Å². The van der Waals surface area contributed by atoms with Crippen LogP contribution in [0, 0.1) is 0 Å². The molecule has 0 aromatic heterocycles. The molecule has 0 aromatic rings. The van der Waals surface area contributed by atoms with Crippen molar-refractivity contribution in [2.75, 3.05) is 0 Å². The molecular formula is C3H6OS2. The van der Waals surface area contributed by atoms with E-state index < -0.39 is 0 Å². The number of thiol groups is 2. The van der Waals surface area contributed by atoms with Gasteiger partial charge in [0, 0.05) is 0 Å². The standard InChI is InChI=1S/C3H6OS2/c1-2(5)3(4)6/h2,5H,1H3,(H,4,6). The SMILES string of the molecule is CC(S)C(=O)S. The van der Waals surface area contributed by atoms with Gasteiger partial charge in [0.1, 0.15) is 0 Å². The molecule has 0 saturated carbocycles. The van der Waals surface area contributed by atoms with E-state index >= 15 is 0 Å². The Kier molecular flexibility index (Phi) is 2.68. The lowest BCUT2D eigenvalue weighted by Gasteiger charge is -1.88. The molecule has 1 nitrogen and oxygen atoms in total. The summed E-state index contributed by atoms with van der Waals surface area (Å²) in [4.78, 5) is 9.93. The van der Waals surface area contributed by atoms with Crippen molar-refractivity contribution in [1.82, 2.24) is 0 Å². The van der Waals surface area contributed by atoms with Gasteiger partial charge in [0.2, 0.25) is 0 Å². The summed E-state index contributed by atoms with van der Waals surface area (Å²) in [5.74, 6) is 0. The molecule has 1 unspecified atom stereocenters. The third kappa shape index (κ3) is 2.60. The van der Waals surface area contributed by atoms with Crippen LogP contribution in [-0.2, 0) is 4.79 Å². The average molecular weight is 122 g/mol. The van der Waals surface area contributed by atoms with Gasteiger partial charge in [0.15, 0.2) is 5.12 Å². The summed E-state index contributed by atoms with van der Waals surface area (Å²) in [6, 6.07) is 0. The van der Waals surface area contributed by atoms with Crippen molar-refractivity contribution in [2.24, 2.45) is 0 Å². The van der Waals surface area contributed by atoms with Crippen LogP contribution in [0.15, 0.2) is 0 Å². The second kappa shape index (κ2) is 2.53. The van der Waals surface area contributed by atoms with Gasteiger partial charge in [-0.2, -0.15) is 12.6 Å². The van der Waals surface area contributed by atoms with Gasteiger partial charge in [-0.1, -0.05) is 0 Å². The third-order valence-electron chi connectivity index (χ3n) is 0.357. The van der Waals surface area contributed by atoms with Crippen LogP contribution < -0.4 is 0 Å². The zero-order valence-corrected chi connectivity index (χ0v) is 5.17. The first-order valence-electron chi connectivity index (χ1n) is 1.55. The molecule has 0 N–H and O–H groups in total. The highest BCUT2D eigenvalue weighted by molar-refractivity contribution is 7.99. The Hall–Kier alpha value is 0.370. The van der Waals surface area contributed by atoms with Crippen LogP contribution in [0.4, 0.5) is 0 Å². The number of hydrogen-bond donors (Lipinski definition) is 2. The lowest BCUT2D eigenvalue weighted by molar-refractivity contribution is -0.110. The zero-order chi connectivity index (χ0) is 5.15. The van der Waals surface area contributed by atoms with Crippen LogP contribution in [0.1, 0.15) is 6.92 Å². The van der Waals surface area contributed by atoms with E-state index in [0.717, 1.165) is 0 Å². The van der Waals surface area contributed by atoms with E-state index in [0.29, 0.717) is 0 Å². The summed E-state index contributed by atoms with van der Waals surface area (Å²) in [5, 5.41) is -0.410. The van der Waals surface area contributed by atoms with Crippen LogP contribution >= 0.6 is 25.3 Å². The molecule has 0 fully saturated rings. The summed E-state index contributed by atoms with van der Waals surface area (Å²) in [7, 11) is 0. The molecule has 0 aliphatic carbocycles. The fourth-order valence-electron chi connectivity index (χ4n) is 0. The van der Waals surface area contributed by atoms with Gasteiger partial charge in [-0.05, 0) is 6.92 Å². The normalized spacial score (nSPS) is 13.8. The lowest BCUT2D eigenvalue weighted by Crippen LogP contribution is -1.99. The molecule has 0 aromatic carbocycles. The topological polar surface area (TPSA) is 17.1 Å². The van der Waals surface area contributed by atoms with Crippen LogP contribution in [0.25, 0.3) is 0 Å². The summed E-state index contributed by atoms with van der Waals surface area (Å²) in [6.07, 6.45) is 0. The smallest absolute Gasteiger partial charge is 0.198 e. The quantitative estimate of drug-likeness (QED) is 0.491. The molecule has 0 amide bonds. The summed E-state index contributed by atoms with van der Waals surface area (Å²) in [6.45, 7) is 1.68. The Morgan fingerprint density at radius 2 is 2.00 bits per heavy atom. The van der Waals surface area contributed by atoms with E-state index in [9.17, 15) is 4.79 Å². The van der Waals surface area contributed by atoms with E-state index in [1.165, 1.54) is 0 Å². The average Bonchev–Trinajstić information content (AvgIpc) is 1.36. The van der Waals surface area contributed by atoms with Crippen molar-refractivity contribution >= 4 is 30.4 Å². The minimum atomic E-state index is -0.228. The second-order valence-corrected chi connectivity index (χ2v) is 2.23. The molecule has 6 heavy (non-hydrogen) atoms. The summed E-state index contributed by atoms with van der Waals surface area (Å²) < 4.78 is 0. The Bertz CT molecular complexity index is 59.8. The van der Waals surface area contributed by atoms with E-state index in [2.05, 4.69) is 25.3 Å². The lowest BCUT2D eigenvalue weighted by atomic mass is 10.5. The molecule has 0 heterocycles. The molecule has 0 spiro atoms. The number of hydrogen-bond acceptors (Lipinski definition) is 2. The van der Waals surface area contributed by atoms with Gasteiger partial charge < -0.3 is 0 Å². The number of carbonyl (C=O) groups excluding carboxylic acids is 1. The molecule has 0 aliphatic rings. The minimum absolute atomic E-state index is 0.182. The Morgan fingerprint density at radius 3 is 2.00 bits per heavy atom. The Morgan fingerprint density at radius 1 is 1.83 bits per heavy atom. The van der Waals surface area contributed by atoms with E-state index in [-0.39, 0.29) is 10.4 Å². The van der Waals surface area contributed by atoms with Crippen molar-refractivity contribution in [3.63, 3.8) is 0 Å². The van der Waals surface area contributed by atoms with Gasteiger partial charge in [0.25, 0.3) is 0 Å². The molecule has 0 bridgehead atoms. The summed E-state index contributed by atoms with van der Waals surface area (Å²) >= 11 is 7.24. The Labute approximate surface area is 47.9 Å². The van der Waals surface area contributed by atoms with E-state index in [4.69, 9.17) is 0 Å².